The van der Waals surface area contributed by atoms with E-state index in [1.807, 2.05) is 36.4 Å². The highest BCUT2D eigenvalue weighted by molar-refractivity contribution is 6.33. The molecular formula is C13H9ClO. The average molecular weight is 217 g/mol. The zero-order valence-electron chi connectivity index (χ0n) is 7.98. The van der Waals surface area contributed by atoms with Crippen LogP contribution < -0.4 is 0 Å². The van der Waals surface area contributed by atoms with Gasteiger partial charge in [0.2, 0.25) is 0 Å². The Hall–Kier alpha value is -1.60. The molecule has 0 heterocycles. The van der Waals surface area contributed by atoms with Crippen molar-refractivity contribution >= 4 is 17.9 Å². The molecule has 1 nitrogen and oxygen atoms in total. The third kappa shape index (κ3) is 2.08. The molecule has 0 fully saturated rings. The second kappa shape index (κ2) is 4.28. The summed E-state index contributed by atoms with van der Waals surface area (Å²) in [7, 11) is 0. The Morgan fingerprint density at radius 3 is 2.27 bits per heavy atom. The Kier molecular flexibility index (Phi) is 2.84. The maximum atomic E-state index is 10.6. The van der Waals surface area contributed by atoms with E-state index in [1.165, 1.54) is 0 Å². The van der Waals surface area contributed by atoms with Crippen LogP contribution in [0.3, 0.4) is 0 Å². The van der Waals surface area contributed by atoms with Crippen LogP contribution in [0.25, 0.3) is 11.1 Å². The summed E-state index contributed by atoms with van der Waals surface area (Å²) < 4.78 is 0. The standard InChI is InChI=1S/C13H9ClO/c14-13-8-11(6-7-12(13)9-15)10-4-2-1-3-5-10/h1-9H. The number of rotatable bonds is 2. The van der Waals surface area contributed by atoms with Crippen LogP contribution in [-0.4, -0.2) is 6.29 Å². The normalized spacial score (nSPS) is 9.93. The van der Waals surface area contributed by atoms with Gasteiger partial charge in [-0.25, -0.2) is 0 Å². The van der Waals surface area contributed by atoms with Gasteiger partial charge in [-0.05, 0) is 23.3 Å². The summed E-state index contributed by atoms with van der Waals surface area (Å²) in [5.74, 6) is 0. The summed E-state index contributed by atoms with van der Waals surface area (Å²) in [4.78, 5) is 10.6. The van der Waals surface area contributed by atoms with Gasteiger partial charge in [0.1, 0.15) is 0 Å². The summed E-state index contributed by atoms with van der Waals surface area (Å²) >= 11 is 5.95. The lowest BCUT2D eigenvalue weighted by molar-refractivity contribution is 0.112. The Bertz CT molecular complexity index is 477. The third-order valence-electron chi connectivity index (χ3n) is 2.23. The Morgan fingerprint density at radius 2 is 1.67 bits per heavy atom. The topological polar surface area (TPSA) is 17.1 Å². The summed E-state index contributed by atoms with van der Waals surface area (Å²) in [5, 5.41) is 0.492. The number of aldehydes is 1. The van der Waals surface area contributed by atoms with Crippen LogP contribution in [0.4, 0.5) is 0 Å². The van der Waals surface area contributed by atoms with Gasteiger partial charge >= 0.3 is 0 Å². The summed E-state index contributed by atoms with van der Waals surface area (Å²) in [6.45, 7) is 0. The Morgan fingerprint density at radius 1 is 0.933 bits per heavy atom. The molecule has 15 heavy (non-hydrogen) atoms. The van der Waals surface area contributed by atoms with Crippen LogP contribution >= 0.6 is 11.6 Å². The number of carbonyl (C=O) groups excluding carboxylic acids is 1. The molecule has 0 unspecified atom stereocenters. The summed E-state index contributed by atoms with van der Waals surface area (Å²) in [6.07, 6.45) is 0.761. The predicted octanol–water partition coefficient (Wildman–Crippen LogP) is 3.82. The Balaban J connectivity index is 2.47. The zero-order valence-corrected chi connectivity index (χ0v) is 8.74. The van der Waals surface area contributed by atoms with Crippen molar-refractivity contribution in [1.29, 1.82) is 0 Å². The van der Waals surface area contributed by atoms with Crippen molar-refractivity contribution in [1.82, 2.24) is 0 Å². The number of hydrogen-bond acceptors (Lipinski definition) is 1. The first-order valence-corrected chi connectivity index (χ1v) is 4.99. The van der Waals surface area contributed by atoms with Gasteiger partial charge in [0.15, 0.2) is 6.29 Å². The van der Waals surface area contributed by atoms with E-state index in [-0.39, 0.29) is 0 Å². The first-order valence-electron chi connectivity index (χ1n) is 4.61. The van der Waals surface area contributed by atoms with Crippen molar-refractivity contribution in [2.75, 3.05) is 0 Å². The molecule has 0 aliphatic rings. The van der Waals surface area contributed by atoms with Crippen molar-refractivity contribution in [3.8, 4) is 11.1 Å². The molecule has 2 aromatic rings. The van der Waals surface area contributed by atoms with Crippen LogP contribution in [0.15, 0.2) is 48.5 Å². The molecule has 0 bridgehead atoms. The van der Waals surface area contributed by atoms with Crippen LogP contribution in [0.1, 0.15) is 10.4 Å². The smallest absolute Gasteiger partial charge is 0.151 e. The molecule has 0 saturated carbocycles. The molecule has 74 valence electrons. The minimum Gasteiger partial charge on any atom is -0.298 e. The van der Waals surface area contributed by atoms with E-state index in [4.69, 9.17) is 11.6 Å². The maximum Gasteiger partial charge on any atom is 0.151 e. The monoisotopic (exact) mass is 216 g/mol. The van der Waals surface area contributed by atoms with Crippen LogP contribution in [0.5, 0.6) is 0 Å². The van der Waals surface area contributed by atoms with E-state index in [0.29, 0.717) is 10.6 Å². The molecule has 2 heteroatoms. The van der Waals surface area contributed by atoms with E-state index in [0.717, 1.165) is 17.4 Å². The van der Waals surface area contributed by atoms with Crippen LogP contribution in [0, 0.1) is 0 Å². The molecule has 0 atom stereocenters. The first kappa shape index (κ1) is 9.94. The molecule has 0 aliphatic carbocycles. The van der Waals surface area contributed by atoms with Gasteiger partial charge in [0.25, 0.3) is 0 Å². The molecule has 0 amide bonds. The number of hydrogen-bond donors (Lipinski definition) is 0. The predicted molar refractivity (Wildman–Crippen MR) is 62.3 cm³/mol. The highest BCUT2D eigenvalue weighted by Crippen LogP contribution is 2.24. The fourth-order valence-corrected chi connectivity index (χ4v) is 1.66. The van der Waals surface area contributed by atoms with E-state index in [2.05, 4.69) is 0 Å². The van der Waals surface area contributed by atoms with Gasteiger partial charge in [-0.1, -0.05) is 48.0 Å². The van der Waals surface area contributed by atoms with Crippen molar-refractivity contribution in [2.45, 2.75) is 0 Å². The Labute approximate surface area is 93.3 Å². The second-order valence-corrected chi connectivity index (χ2v) is 3.63. The number of carbonyl (C=O) groups is 1. The first-order chi connectivity index (χ1) is 7.31. The molecule has 2 aromatic carbocycles. The lowest BCUT2D eigenvalue weighted by atomic mass is 10.0. The van der Waals surface area contributed by atoms with E-state index in [9.17, 15) is 4.79 Å². The minimum absolute atomic E-state index is 0.492. The summed E-state index contributed by atoms with van der Waals surface area (Å²) in [6, 6.07) is 15.3. The zero-order chi connectivity index (χ0) is 10.7. The van der Waals surface area contributed by atoms with Crippen molar-refractivity contribution in [3.05, 3.63) is 59.1 Å². The maximum absolute atomic E-state index is 10.6. The minimum atomic E-state index is 0.492. The molecule has 0 spiro atoms. The van der Waals surface area contributed by atoms with E-state index >= 15 is 0 Å². The van der Waals surface area contributed by atoms with Gasteiger partial charge in [-0.15, -0.1) is 0 Å². The lowest BCUT2D eigenvalue weighted by Crippen LogP contribution is -1.83. The highest BCUT2D eigenvalue weighted by Gasteiger charge is 2.01. The fraction of sp³-hybridized carbons (Fsp3) is 0. The van der Waals surface area contributed by atoms with Gasteiger partial charge in [-0.2, -0.15) is 0 Å². The van der Waals surface area contributed by atoms with E-state index in [1.54, 1.807) is 12.1 Å². The second-order valence-electron chi connectivity index (χ2n) is 3.22. The SMILES string of the molecule is O=Cc1ccc(-c2ccccc2)cc1Cl. The van der Waals surface area contributed by atoms with Crippen LogP contribution in [0.2, 0.25) is 5.02 Å². The van der Waals surface area contributed by atoms with Gasteiger partial charge < -0.3 is 0 Å². The molecular weight excluding hydrogens is 208 g/mol. The molecule has 0 aliphatic heterocycles. The largest absolute Gasteiger partial charge is 0.298 e. The highest BCUT2D eigenvalue weighted by atomic mass is 35.5. The molecule has 0 saturated heterocycles. The lowest BCUT2D eigenvalue weighted by Gasteiger charge is -2.03. The molecule has 0 radical (unpaired) electrons. The summed E-state index contributed by atoms with van der Waals surface area (Å²) in [5.41, 5.74) is 2.64. The van der Waals surface area contributed by atoms with Gasteiger partial charge in [0.05, 0.1) is 5.02 Å². The van der Waals surface area contributed by atoms with Crippen molar-refractivity contribution in [2.24, 2.45) is 0 Å². The molecule has 0 N–H and O–H groups in total. The van der Waals surface area contributed by atoms with E-state index < -0.39 is 0 Å². The number of benzene rings is 2. The molecule has 0 aromatic heterocycles. The van der Waals surface area contributed by atoms with Gasteiger partial charge in [-0.3, -0.25) is 4.79 Å². The van der Waals surface area contributed by atoms with Crippen LogP contribution in [-0.2, 0) is 0 Å². The average Bonchev–Trinajstić information content (AvgIpc) is 2.30. The van der Waals surface area contributed by atoms with Gasteiger partial charge in [0, 0.05) is 5.56 Å². The quantitative estimate of drug-likeness (QED) is 0.698. The third-order valence-corrected chi connectivity index (χ3v) is 2.56. The number of halogens is 1. The van der Waals surface area contributed by atoms with Crippen molar-refractivity contribution in [3.63, 3.8) is 0 Å². The molecule has 2 rings (SSSR count). The fourth-order valence-electron chi connectivity index (χ4n) is 1.43. The van der Waals surface area contributed by atoms with Crippen molar-refractivity contribution < 1.29 is 4.79 Å².